The molecule has 2 N–H and O–H groups in total. The molecule has 0 saturated heterocycles. The van der Waals surface area contributed by atoms with Crippen molar-refractivity contribution in [2.75, 3.05) is 26.4 Å². The standard InChI is InChI=1S/C34H44O4/c35-3-5-37-31-29-14-28(33-15-21-7-22(16-33)9-23(8-21)17-33)2-1-27(29)13-30(32(31)38-6-4-36)34-18-24-10-25(19-34)12-26(11-24)20-34/h1-2,13-14,21-26,35-36H,3-12,15-20H2. The van der Waals surface area contributed by atoms with Gasteiger partial charge in [0.15, 0.2) is 11.5 Å². The van der Waals surface area contributed by atoms with Crippen molar-refractivity contribution in [3.63, 3.8) is 0 Å². The van der Waals surface area contributed by atoms with E-state index in [-0.39, 0.29) is 31.8 Å². The van der Waals surface area contributed by atoms with Crippen LogP contribution in [0.4, 0.5) is 0 Å². The fraction of sp³-hybridized carbons (Fsp3) is 0.706. The number of hydrogen-bond acceptors (Lipinski definition) is 4. The van der Waals surface area contributed by atoms with Crippen LogP contribution in [0.3, 0.4) is 0 Å². The van der Waals surface area contributed by atoms with Crippen LogP contribution in [0.25, 0.3) is 10.8 Å². The Balaban J connectivity index is 1.28. The van der Waals surface area contributed by atoms with Crippen LogP contribution in [0.15, 0.2) is 24.3 Å². The van der Waals surface area contributed by atoms with Gasteiger partial charge >= 0.3 is 0 Å². The molecule has 4 heteroatoms. The van der Waals surface area contributed by atoms with Crippen molar-refractivity contribution in [1.82, 2.24) is 0 Å². The largest absolute Gasteiger partial charge is 0.487 e. The Morgan fingerprint density at radius 1 is 0.605 bits per heavy atom. The molecule has 8 aliphatic rings. The van der Waals surface area contributed by atoms with Crippen molar-refractivity contribution >= 4 is 10.8 Å². The summed E-state index contributed by atoms with van der Waals surface area (Å²) < 4.78 is 12.9. The first-order chi connectivity index (χ1) is 18.6. The minimum absolute atomic E-state index is 0.00882. The van der Waals surface area contributed by atoms with Crippen LogP contribution in [-0.4, -0.2) is 36.6 Å². The van der Waals surface area contributed by atoms with Crippen molar-refractivity contribution < 1.29 is 19.7 Å². The van der Waals surface area contributed by atoms with Gasteiger partial charge in [-0.3, -0.25) is 0 Å². The highest BCUT2D eigenvalue weighted by Gasteiger charge is 2.54. The quantitative estimate of drug-likeness (QED) is 0.420. The van der Waals surface area contributed by atoms with Gasteiger partial charge in [0.25, 0.3) is 0 Å². The maximum atomic E-state index is 9.77. The van der Waals surface area contributed by atoms with Crippen molar-refractivity contribution in [3.8, 4) is 11.5 Å². The molecule has 8 fully saturated rings. The summed E-state index contributed by atoms with van der Waals surface area (Å²) in [6.07, 6.45) is 16.4. The Hall–Kier alpha value is -1.78. The zero-order valence-electron chi connectivity index (χ0n) is 22.8. The van der Waals surface area contributed by atoms with Crippen molar-refractivity contribution in [2.24, 2.45) is 35.5 Å². The van der Waals surface area contributed by atoms with Gasteiger partial charge in [0, 0.05) is 10.9 Å². The molecule has 0 atom stereocenters. The molecule has 0 amide bonds. The fourth-order valence-electron chi connectivity index (χ4n) is 11.6. The zero-order valence-corrected chi connectivity index (χ0v) is 22.8. The molecule has 10 rings (SSSR count). The predicted molar refractivity (Wildman–Crippen MR) is 149 cm³/mol. The lowest BCUT2D eigenvalue weighted by molar-refractivity contribution is -0.00671. The molecule has 8 aliphatic carbocycles. The number of fused-ring (bicyclic) bond motifs is 1. The second-order valence-corrected chi connectivity index (χ2v) is 14.6. The summed E-state index contributed by atoms with van der Waals surface area (Å²) in [6, 6.07) is 9.69. The van der Waals surface area contributed by atoms with E-state index in [1.165, 1.54) is 93.6 Å². The molecule has 2 aromatic carbocycles. The molecule has 0 aliphatic heterocycles. The van der Waals surface area contributed by atoms with E-state index in [1.54, 1.807) is 0 Å². The normalized spacial score (nSPS) is 40.3. The van der Waals surface area contributed by atoms with E-state index in [0.29, 0.717) is 5.41 Å². The molecule has 8 saturated carbocycles. The zero-order chi connectivity index (χ0) is 25.5. The lowest BCUT2D eigenvalue weighted by Crippen LogP contribution is -2.48. The highest BCUT2D eigenvalue weighted by atomic mass is 16.5. The van der Waals surface area contributed by atoms with Gasteiger partial charge in [0.2, 0.25) is 0 Å². The monoisotopic (exact) mass is 516 g/mol. The van der Waals surface area contributed by atoms with Crippen molar-refractivity contribution in [2.45, 2.75) is 87.9 Å². The third kappa shape index (κ3) is 3.69. The first-order valence-electron chi connectivity index (χ1n) is 15.7. The molecule has 4 nitrogen and oxygen atoms in total. The van der Waals surface area contributed by atoms with Gasteiger partial charge in [0.1, 0.15) is 13.2 Å². The third-order valence-electron chi connectivity index (χ3n) is 12.0. The van der Waals surface area contributed by atoms with Gasteiger partial charge in [-0.05, 0) is 146 Å². The highest BCUT2D eigenvalue weighted by Crippen LogP contribution is 2.64. The average Bonchev–Trinajstić information content (AvgIpc) is 2.88. The molecular formula is C34H44O4. The highest BCUT2D eigenvalue weighted by molar-refractivity contribution is 5.93. The molecular weight excluding hydrogens is 472 g/mol. The van der Waals surface area contributed by atoms with Gasteiger partial charge in [-0.1, -0.05) is 12.1 Å². The van der Waals surface area contributed by atoms with Crippen molar-refractivity contribution in [1.29, 1.82) is 0 Å². The lowest BCUT2D eigenvalue weighted by atomic mass is 9.47. The number of aliphatic hydroxyl groups is 2. The second-order valence-electron chi connectivity index (χ2n) is 14.6. The molecule has 0 aromatic heterocycles. The van der Waals surface area contributed by atoms with E-state index in [4.69, 9.17) is 9.47 Å². The Morgan fingerprint density at radius 2 is 1.08 bits per heavy atom. The first kappa shape index (κ1) is 24.1. The second kappa shape index (κ2) is 8.86. The molecule has 204 valence electrons. The van der Waals surface area contributed by atoms with Crippen LogP contribution in [0, 0.1) is 35.5 Å². The van der Waals surface area contributed by atoms with E-state index in [0.717, 1.165) is 52.4 Å². The number of aliphatic hydroxyl groups excluding tert-OH is 2. The van der Waals surface area contributed by atoms with Crippen LogP contribution in [0.5, 0.6) is 11.5 Å². The van der Waals surface area contributed by atoms with E-state index in [9.17, 15) is 10.2 Å². The molecule has 38 heavy (non-hydrogen) atoms. The van der Waals surface area contributed by atoms with Crippen LogP contribution < -0.4 is 9.47 Å². The van der Waals surface area contributed by atoms with Crippen molar-refractivity contribution in [3.05, 3.63) is 35.4 Å². The van der Waals surface area contributed by atoms with Gasteiger partial charge in [0.05, 0.1) is 13.2 Å². The lowest BCUT2D eigenvalue weighted by Gasteiger charge is -2.57. The summed E-state index contributed by atoms with van der Waals surface area (Å²) in [5, 5.41) is 21.9. The minimum atomic E-state index is -0.0167. The maximum absolute atomic E-state index is 9.77. The van der Waals surface area contributed by atoms with Crippen LogP contribution in [0.1, 0.15) is 88.2 Å². The Bertz CT molecular complexity index is 1160. The molecule has 0 radical (unpaired) electrons. The summed E-state index contributed by atoms with van der Waals surface area (Å²) in [5.41, 5.74) is 3.28. The molecule has 8 bridgehead atoms. The summed E-state index contributed by atoms with van der Waals surface area (Å²) in [4.78, 5) is 0. The number of benzene rings is 2. The van der Waals surface area contributed by atoms with Crippen LogP contribution in [0.2, 0.25) is 0 Å². The molecule has 2 aromatic rings. The van der Waals surface area contributed by atoms with Gasteiger partial charge in [-0.25, -0.2) is 0 Å². The Kier molecular flexibility index (Phi) is 5.61. The van der Waals surface area contributed by atoms with E-state index in [2.05, 4.69) is 24.3 Å². The average molecular weight is 517 g/mol. The molecule has 0 heterocycles. The van der Waals surface area contributed by atoms with E-state index in [1.807, 2.05) is 0 Å². The number of rotatable bonds is 8. The SMILES string of the molecule is OCCOc1c(C23CC4CC(CC(C4)C2)C3)cc2ccc(C34CC5CC(CC(C5)C3)C4)cc2c1OCCO. The van der Waals surface area contributed by atoms with Crippen LogP contribution >= 0.6 is 0 Å². The molecule has 0 unspecified atom stereocenters. The topological polar surface area (TPSA) is 58.9 Å². The summed E-state index contributed by atoms with van der Waals surface area (Å²) in [6.45, 7) is 0.508. The minimum Gasteiger partial charge on any atom is -0.487 e. The number of hydrogen-bond donors (Lipinski definition) is 2. The van der Waals surface area contributed by atoms with Gasteiger partial charge < -0.3 is 19.7 Å². The maximum Gasteiger partial charge on any atom is 0.169 e. The first-order valence-corrected chi connectivity index (χ1v) is 15.7. The van der Waals surface area contributed by atoms with E-state index >= 15 is 0 Å². The predicted octanol–water partition coefficient (Wildman–Crippen LogP) is 6.52. The smallest absolute Gasteiger partial charge is 0.169 e. The van der Waals surface area contributed by atoms with Gasteiger partial charge in [-0.2, -0.15) is 0 Å². The summed E-state index contributed by atoms with van der Waals surface area (Å²) >= 11 is 0. The summed E-state index contributed by atoms with van der Waals surface area (Å²) in [5.74, 6) is 6.89. The Morgan fingerprint density at radius 3 is 1.58 bits per heavy atom. The fourth-order valence-corrected chi connectivity index (χ4v) is 11.6. The van der Waals surface area contributed by atoms with E-state index < -0.39 is 0 Å². The Labute approximate surface area is 227 Å². The summed E-state index contributed by atoms with van der Waals surface area (Å²) in [7, 11) is 0. The number of ether oxygens (including phenoxy) is 2. The van der Waals surface area contributed by atoms with Gasteiger partial charge in [-0.15, -0.1) is 0 Å². The van der Waals surface area contributed by atoms with Crippen LogP contribution in [-0.2, 0) is 10.8 Å². The molecule has 0 spiro atoms. The third-order valence-corrected chi connectivity index (χ3v) is 12.0.